The normalized spacial score (nSPS) is 22.7. The first kappa shape index (κ1) is 12.4. The zero-order valence-corrected chi connectivity index (χ0v) is 11.4. The van der Waals surface area contributed by atoms with Gasteiger partial charge in [-0.3, -0.25) is 0 Å². The van der Waals surface area contributed by atoms with E-state index in [1.165, 1.54) is 24.1 Å². The number of hydrogen-bond acceptors (Lipinski definition) is 4. The van der Waals surface area contributed by atoms with Gasteiger partial charge in [-0.2, -0.15) is 5.26 Å². The van der Waals surface area contributed by atoms with Gasteiger partial charge in [0, 0.05) is 12.2 Å². The maximum atomic E-state index is 9.39. The SMILES string of the molecule is CC1COCCN1c1nc2c(cc1C#N)CCCC2. The second kappa shape index (κ2) is 5.18. The molecule has 1 unspecified atom stereocenters. The lowest BCUT2D eigenvalue weighted by molar-refractivity contribution is 0.0985. The second-order valence-electron chi connectivity index (χ2n) is 5.40. The maximum Gasteiger partial charge on any atom is 0.147 e. The van der Waals surface area contributed by atoms with Gasteiger partial charge in [0.1, 0.15) is 11.9 Å². The molecule has 1 atom stereocenters. The number of anilines is 1. The van der Waals surface area contributed by atoms with Gasteiger partial charge in [0.25, 0.3) is 0 Å². The predicted molar refractivity (Wildman–Crippen MR) is 73.2 cm³/mol. The first-order chi connectivity index (χ1) is 9.29. The molecule has 0 radical (unpaired) electrons. The molecule has 0 N–H and O–H groups in total. The summed E-state index contributed by atoms with van der Waals surface area (Å²) in [5.41, 5.74) is 3.18. The summed E-state index contributed by atoms with van der Waals surface area (Å²) in [7, 11) is 0. The van der Waals surface area contributed by atoms with Gasteiger partial charge in [-0.1, -0.05) is 0 Å². The number of hydrogen-bond donors (Lipinski definition) is 0. The number of ether oxygens (including phenoxy) is 1. The van der Waals surface area contributed by atoms with Crippen LogP contribution < -0.4 is 4.90 Å². The third-order valence-electron chi connectivity index (χ3n) is 4.04. The van der Waals surface area contributed by atoms with Gasteiger partial charge in [0.2, 0.25) is 0 Å². The van der Waals surface area contributed by atoms with Crippen molar-refractivity contribution in [1.82, 2.24) is 4.98 Å². The fraction of sp³-hybridized carbons (Fsp3) is 0.600. The first-order valence-electron chi connectivity index (χ1n) is 7.07. The smallest absolute Gasteiger partial charge is 0.147 e. The van der Waals surface area contributed by atoms with Crippen molar-refractivity contribution in [3.8, 4) is 6.07 Å². The van der Waals surface area contributed by atoms with Gasteiger partial charge in [0.05, 0.1) is 24.8 Å². The first-order valence-corrected chi connectivity index (χ1v) is 7.07. The van der Waals surface area contributed by atoms with Crippen LogP contribution in [0.3, 0.4) is 0 Å². The minimum atomic E-state index is 0.287. The number of aromatic nitrogens is 1. The molecule has 1 saturated heterocycles. The third-order valence-corrected chi connectivity index (χ3v) is 4.04. The van der Waals surface area contributed by atoms with E-state index in [1.54, 1.807) is 0 Å². The number of morpholine rings is 1. The van der Waals surface area contributed by atoms with Gasteiger partial charge in [-0.05, 0) is 44.2 Å². The van der Waals surface area contributed by atoms with Gasteiger partial charge in [0.15, 0.2) is 0 Å². The summed E-state index contributed by atoms with van der Waals surface area (Å²) >= 11 is 0. The molecule has 100 valence electrons. The molecule has 1 aliphatic carbocycles. The van der Waals surface area contributed by atoms with Gasteiger partial charge in [-0.15, -0.1) is 0 Å². The highest BCUT2D eigenvalue weighted by molar-refractivity contribution is 5.57. The molecular weight excluding hydrogens is 238 g/mol. The summed E-state index contributed by atoms with van der Waals surface area (Å²) < 4.78 is 5.47. The molecule has 0 bridgehead atoms. The van der Waals surface area contributed by atoms with E-state index in [2.05, 4.69) is 24.0 Å². The molecule has 19 heavy (non-hydrogen) atoms. The third kappa shape index (κ3) is 2.31. The van der Waals surface area contributed by atoms with E-state index in [-0.39, 0.29) is 6.04 Å². The number of aryl methyl sites for hydroxylation is 2. The van der Waals surface area contributed by atoms with Crippen molar-refractivity contribution in [2.24, 2.45) is 0 Å². The van der Waals surface area contributed by atoms with Crippen LogP contribution >= 0.6 is 0 Å². The number of fused-ring (bicyclic) bond motifs is 1. The summed E-state index contributed by atoms with van der Waals surface area (Å²) in [5.74, 6) is 0.860. The Labute approximate surface area is 114 Å². The molecule has 3 rings (SSSR count). The van der Waals surface area contributed by atoms with Crippen molar-refractivity contribution < 1.29 is 4.74 Å². The van der Waals surface area contributed by atoms with E-state index in [4.69, 9.17) is 9.72 Å². The Balaban J connectivity index is 2.02. The fourth-order valence-electron chi connectivity index (χ4n) is 2.97. The fourth-order valence-corrected chi connectivity index (χ4v) is 2.97. The van der Waals surface area contributed by atoms with E-state index in [0.29, 0.717) is 13.2 Å². The molecule has 2 heterocycles. The zero-order valence-electron chi connectivity index (χ0n) is 11.4. The standard InChI is InChI=1S/C15H19N3O/c1-11-10-19-7-6-18(11)15-13(9-16)8-12-4-2-3-5-14(12)17-15/h8,11H,2-7,10H2,1H3. The molecule has 4 heteroatoms. The average molecular weight is 257 g/mol. The molecule has 1 aliphatic heterocycles. The minimum Gasteiger partial charge on any atom is -0.377 e. The Morgan fingerprint density at radius 3 is 3.05 bits per heavy atom. The second-order valence-corrected chi connectivity index (χ2v) is 5.40. The lowest BCUT2D eigenvalue weighted by Gasteiger charge is -2.35. The molecular formula is C15H19N3O. The number of pyridine rings is 1. The Morgan fingerprint density at radius 2 is 2.26 bits per heavy atom. The lowest BCUT2D eigenvalue weighted by atomic mass is 9.94. The van der Waals surface area contributed by atoms with Crippen LogP contribution in [-0.2, 0) is 17.6 Å². The van der Waals surface area contributed by atoms with Crippen LogP contribution in [0.5, 0.6) is 0 Å². The Kier molecular flexibility index (Phi) is 3.39. The number of nitriles is 1. The summed E-state index contributed by atoms with van der Waals surface area (Å²) in [6, 6.07) is 4.66. The number of nitrogens with zero attached hydrogens (tertiary/aromatic N) is 3. The van der Waals surface area contributed by atoms with Crippen LogP contribution in [0.25, 0.3) is 0 Å². The monoisotopic (exact) mass is 257 g/mol. The minimum absolute atomic E-state index is 0.287. The molecule has 0 amide bonds. The van der Waals surface area contributed by atoms with Crippen molar-refractivity contribution in [3.05, 3.63) is 22.9 Å². The highest BCUT2D eigenvalue weighted by Crippen LogP contribution is 2.28. The van der Waals surface area contributed by atoms with Crippen LogP contribution in [0.15, 0.2) is 6.07 Å². The molecule has 0 saturated carbocycles. The van der Waals surface area contributed by atoms with E-state index >= 15 is 0 Å². The maximum absolute atomic E-state index is 9.39. The van der Waals surface area contributed by atoms with Crippen LogP contribution in [-0.4, -0.2) is 30.8 Å². The Bertz CT molecular complexity index is 521. The molecule has 1 fully saturated rings. The molecule has 2 aliphatic rings. The molecule has 0 aromatic carbocycles. The molecule has 0 spiro atoms. The molecule has 4 nitrogen and oxygen atoms in total. The number of rotatable bonds is 1. The van der Waals surface area contributed by atoms with E-state index in [0.717, 1.165) is 30.8 Å². The van der Waals surface area contributed by atoms with Crippen LogP contribution in [0.1, 0.15) is 36.6 Å². The zero-order chi connectivity index (χ0) is 13.2. The van der Waals surface area contributed by atoms with E-state index in [9.17, 15) is 5.26 Å². The predicted octanol–water partition coefficient (Wildman–Crippen LogP) is 2.06. The Morgan fingerprint density at radius 1 is 1.42 bits per heavy atom. The van der Waals surface area contributed by atoms with Gasteiger partial charge < -0.3 is 9.64 Å². The summed E-state index contributed by atoms with van der Waals surface area (Å²) in [6.45, 7) is 4.38. The van der Waals surface area contributed by atoms with Gasteiger partial charge in [-0.25, -0.2) is 4.98 Å². The Hall–Kier alpha value is -1.60. The topological polar surface area (TPSA) is 49.1 Å². The van der Waals surface area contributed by atoms with Crippen LogP contribution in [0.4, 0.5) is 5.82 Å². The quantitative estimate of drug-likeness (QED) is 0.772. The van der Waals surface area contributed by atoms with E-state index in [1.807, 2.05) is 0 Å². The summed E-state index contributed by atoms with van der Waals surface area (Å²) in [4.78, 5) is 7.03. The largest absolute Gasteiger partial charge is 0.377 e. The van der Waals surface area contributed by atoms with Crippen molar-refractivity contribution >= 4 is 5.82 Å². The molecule has 1 aromatic rings. The highest BCUT2D eigenvalue weighted by atomic mass is 16.5. The van der Waals surface area contributed by atoms with Crippen molar-refractivity contribution in [2.45, 2.75) is 38.6 Å². The van der Waals surface area contributed by atoms with Gasteiger partial charge >= 0.3 is 0 Å². The van der Waals surface area contributed by atoms with Crippen molar-refractivity contribution in [3.63, 3.8) is 0 Å². The lowest BCUT2D eigenvalue weighted by Crippen LogP contribution is -2.44. The average Bonchev–Trinajstić information content (AvgIpc) is 2.46. The van der Waals surface area contributed by atoms with Crippen LogP contribution in [0, 0.1) is 11.3 Å². The molecule has 1 aromatic heterocycles. The van der Waals surface area contributed by atoms with Crippen LogP contribution in [0.2, 0.25) is 0 Å². The van der Waals surface area contributed by atoms with Crippen molar-refractivity contribution in [1.29, 1.82) is 5.26 Å². The highest BCUT2D eigenvalue weighted by Gasteiger charge is 2.24. The summed E-state index contributed by atoms with van der Waals surface area (Å²) in [5, 5.41) is 9.39. The van der Waals surface area contributed by atoms with E-state index < -0.39 is 0 Å². The van der Waals surface area contributed by atoms with Crippen molar-refractivity contribution in [2.75, 3.05) is 24.7 Å². The summed E-state index contributed by atoms with van der Waals surface area (Å²) in [6.07, 6.45) is 4.54.